The average molecular weight is 293 g/mol. The number of hydrogen-bond acceptors (Lipinski definition) is 5. The van der Waals surface area contributed by atoms with Crippen LogP contribution in [0, 0.1) is 10.1 Å². The molecule has 21 heavy (non-hydrogen) atoms. The van der Waals surface area contributed by atoms with Crippen molar-refractivity contribution in [1.82, 2.24) is 0 Å². The van der Waals surface area contributed by atoms with Gasteiger partial charge in [0.25, 0.3) is 5.69 Å². The number of nitrogens with zero attached hydrogens (tertiary/aromatic N) is 1. The van der Waals surface area contributed by atoms with Gasteiger partial charge in [-0.15, -0.1) is 0 Å². The van der Waals surface area contributed by atoms with Crippen molar-refractivity contribution in [3.8, 4) is 5.75 Å². The highest BCUT2D eigenvalue weighted by molar-refractivity contribution is 5.53. The van der Waals surface area contributed by atoms with Gasteiger partial charge in [-0.3, -0.25) is 10.1 Å². The second kappa shape index (κ2) is 5.27. The number of nitro groups is 1. The van der Waals surface area contributed by atoms with Crippen molar-refractivity contribution < 1.29 is 19.9 Å². The molecule has 6 heteroatoms. The van der Waals surface area contributed by atoms with Gasteiger partial charge >= 0.3 is 0 Å². The first-order valence-corrected chi connectivity index (χ1v) is 7.38. The second-order valence-electron chi connectivity index (χ2n) is 5.92. The summed E-state index contributed by atoms with van der Waals surface area (Å²) in [4.78, 5) is 10.6. The first-order chi connectivity index (χ1) is 10.1. The van der Waals surface area contributed by atoms with E-state index in [0.29, 0.717) is 18.6 Å². The molecule has 0 unspecified atom stereocenters. The second-order valence-corrected chi connectivity index (χ2v) is 5.92. The van der Waals surface area contributed by atoms with E-state index in [9.17, 15) is 20.3 Å². The van der Waals surface area contributed by atoms with E-state index in [-0.39, 0.29) is 11.3 Å². The van der Waals surface area contributed by atoms with Crippen molar-refractivity contribution in [3.05, 3.63) is 33.9 Å². The maximum atomic E-state index is 11.1. The maximum absolute atomic E-state index is 11.1. The van der Waals surface area contributed by atoms with E-state index in [1.54, 1.807) is 12.1 Å². The van der Waals surface area contributed by atoms with Crippen LogP contribution in [0.2, 0.25) is 0 Å². The van der Waals surface area contributed by atoms with E-state index in [1.807, 2.05) is 0 Å². The van der Waals surface area contributed by atoms with Crippen molar-refractivity contribution in [3.63, 3.8) is 0 Å². The van der Waals surface area contributed by atoms with Gasteiger partial charge in [0, 0.05) is 6.07 Å². The normalized spacial score (nSPS) is 27.5. The Bertz CT molecular complexity index is 551. The Kier molecular flexibility index (Phi) is 3.59. The molecule has 1 aliphatic heterocycles. The van der Waals surface area contributed by atoms with Gasteiger partial charge in [0.1, 0.15) is 29.1 Å². The monoisotopic (exact) mass is 293 g/mol. The fraction of sp³-hybridized carbons (Fsp3) is 0.600. The van der Waals surface area contributed by atoms with Crippen LogP contribution in [-0.2, 0) is 0 Å². The SMILES string of the molecule is O=[N+]([O-])c1cccc2c1[C@@H](O)[C@@H](O)C1(CCCCCC1)O2. The smallest absolute Gasteiger partial charge is 0.279 e. The largest absolute Gasteiger partial charge is 0.484 e. The third kappa shape index (κ3) is 2.28. The van der Waals surface area contributed by atoms with Gasteiger partial charge in [0.05, 0.1) is 4.92 Å². The van der Waals surface area contributed by atoms with Crippen molar-refractivity contribution in [2.24, 2.45) is 0 Å². The molecule has 0 amide bonds. The van der Waals surface area contributed by atoms with Crippen LogP contribution in [0.25, 0.3) is 0 Å². The minimum Gasteiger partial charge on any atom is -0.484 e. The molecular weight excluding hydrogens is 274 g/mol. The van der Waals surface area contributed by atoms with Crippen molar-refractivity contribution in [1.29, 1.82) is 0 Å². The summed E-state index contributed by atoms with van der Waals surface area (Å²) in [5.41, 5.74) is -0.939. The zero-order valence-electron chi connectivity index (χ0n) is 11.7. The lowest BCUT2D eigenvalue weighted by atomic mass is 9.80. The van der Waals surface area contributed by atoms with Gasteiger partial charge < -0.3 is 14.9 Å². The van der Waals surface area contributed by atoms with E-state index >= 15 is 0 Å². The molecule has 0 bridgehead atoms. The van der Waals surface area contributed by atoms with Crippen LogP contribution in [-0.4, -0.2) is 26.8 Å². The molecule has 0 saturated heterocycles. The predicted molar refractivity (Wildman–Crippen MR) is 75.1 cm³/mol. The molecule has 1 aromatic carbocycles. The Morgan fingerprint density at radius 1 is 1.19 bits per heavy atom. The fourth-order valence-electron chi connectivity index (χ4n) is 3.53. The zero-order chi connectivity index (χ0) is 15.0. The predicted octanol–water partition coefficient (Wildman–Crippen LogP) is 2.47. The maximum Gasteiger partial charge on any atom is 0.279 e. The fourth-order valence-corrected chi connectivity index (χ4v) is 3.53. The molecule has 3 rings (SSSR count). The van der Waals surface area contributed by atoms with Crippen LogP contribution >= 0.6 is 0 Å². The molecule has 2 atom stereocenters. The lowest BCUT2D eigenvalue weighted by Crippen LogP contribution is -2.53. The molecule has 0 aromatic heterocycles. The first kappa shape index (κ1) is 14.3. The van der Waals surface area contributed by atoms with Crippen LogP contribution in [0.1, 0.15) is 50.2 Å². The number of hydrogen-bond donors (Lipinski definition) is 2. The molecule has 114 valence electrons. The van der Waals surface area contributed by atoms with Gasteiger partial charge in [0.2, 0.25) is 0 Å². The van der Waals surface area contributed by atoms with Crippen LogP contribution in [0.4, 0.5) is 5.69 Å². The van der Waals surface area contributed by atoms with Gasteiger partial charge in [-0.1, -0.05) is 18.9 Å². The van der Waals surface area contributed by atoms with Crippen LogP contribution in [0.5, 0.6) is 5.75 Å². The van der Waals surface area contributed by atoms with Crippen molar-refractivity contribution >= 4 is 5.69 Å². The van der Waals surface area contributed by atoms with E-state index in [2.05, 4.69) is 0 Å². The Hall–Kier alpha value is -1.66. The van der Waals surface area contributed by atoms with Crippen molar-refractivity contribution in [2.45, 2.75) is 56.3 Å². The summed E-state index contributed by atoms with van der Waals surface area (Å²) in [7, 11) is 0. The number of aliphatic hydroxyl groups excluding tert-OH is 2. The van der Waals surface area contributed by atoms with Gasteiger partial charge in [-0.05, 0) is 31.7 Å². The molecule has 1 heterocycles. The van der Waals surface area contributed by atoms with Crippen LogP contribution in [0.15, 0.2) is 18.2 Å². The zero-order valence-corrected chi connectivity index (χ0v) is 11.7. The summed E-state index contributed by atoms with van der Waals surface area (Å²) in [5, 5.41) is 32.1. The average Bonchev–Trinajstić information content (AvgIpc) is 2.70. The lowest BCUT2D eigenvalue weighted by molar-refractivity contribution is -0.386. The first-order valence-electron chi connectivity index (χ1n) is 7.38. The number of rotatable bonds is 1. The van der Waals surface area contributed by atoms with Crippen LogP contribution < -0.4 is 4.74 Å². The van der Waals surface area contributed by atoms with Gasteiger partial charge in [-0.25, -0.2) is 0 Å². The topological polar surface area (TPSA) is 92.8 Å². The number of nitro benzene ring substituents is 1. The molecule has 2 N–H and O–H groups in total. The number of ether oxygens (including phenoxy) is 1. The molecule has 6 nitrogen and oxygen atoms in total. The Morgan fingerprint density at radius 3 is 2.48 bits per heavy atom. The summed E-state index contributed by atoms with van der Waals surface area (Å²) in [6, 6.07) is 4.50. The molecule has 1 spiro atoms. The summed E-state index contributed by atoms with van der Waals surface area (Å²) < 4.78 is 6.00. The molecule has 1 aromatic rings. The Balaban J connectivity index is 2.06. The van der Waals surface area contributed by atoms with Gasteiger partial charge in [-0.2, -0.15) is 0 Å². The molecular formula is C15H19NO5. The number of aliphatic hydroxyl groups is 2. The summed E-state index contributed by atoms with van der Waals surface area (Å²) in [6.45, 7) is 0. The van der Waals surface area contributed by atoms with E-state index in [4.69, 9.17) is 4.74 Å². The molecule has 2 aliphatic rings. The standard InChI is InChI=1S/C15H19NO5/c17-13-12-10(16(19)20)6-5-7-11(12)21-15(14(13)18)8-3-1-2-4-9-15/h5-7,13-14,17-18H,1-4,8-9H2/t13-,14-/m1/s1. The lowest BCUT2D eigenvalue weighted by Gasteiger charge is -2.44. The van der Waals surface area contributed by atoms with Crippen LogP contribution in [0.3, 0.4) is 0 Å². The van der Waals surface area contributed by atoms with Gasteiger partial charge in [0.15, 0.2) is 0 Å². The molecule has 1 saturated carbocycles. The quantitative estimate of drug-likeness (QED) is 0.613. The minimum absolute atomic E-state index is 0.0878. The molecule has 0 radical (unpaired) electrons. The highest BCUT2D eigenvalue weighted by Crippen LogP contribution is 2.48. The third-order valence-corrected chi connectivity index (χ3v) is 4.64. The van der Waals surface area contributed by atoms with Crippen molar-refractivity contribution in [2.75, 3.05) is 0 Å². The highest BCUT2D eigenvalue weighted by atomic mass is 16.6. The third-order valence-electron chi connectivity index (χ3n) is 4.64. The molecule has 1 fully saturated rings. The minimum atomic E-state index is -1.28. The Labute approximate surface area is 122 Å². The van der Waals surface area contributed by atoms with E-state index in [0.717, 1.165) is 25.7 Å². The number of fused-ring (bicyclic) bond motifs is 1. The summed E-state index contributed by atoms with van der Waals surface area (Å²) >= 11 is 0. The summed E-state index contributed by atoms with van der Waals surface area (Å²) in [5.74, 6) is 0.323. The number of benzene rings is 1. The Morgan fingerprint density at radius 2 is 1.86 bits per heavy atom. The molecule has 1 aliphatic carbocycles. The summed E-state index contributed by atoms with van der Waals surface area (Å²) in [6.07, 6.45) is 2.91. The highest BCUT2D eigenvalue weighted by Gasteiger charge is 2.50. The van der Waals surface area contributed by atoms with E-state index < -0.39 is 22.7 Å². The van der Waals surface area contributed by atoms with E-state index in [1.165, 1.54) is 6.07 Å².